The van der Waals surface area contributed by atoms with Crippen LogP contribution in [0, 0.1) is 5.92 Å². The molecule has 1 atom stereocenters. The topological polar surface area (TPSA) is 62.6 Å². The van der Waals surface area contributed by atoms with E-state index in [0.29, 0.717) is 17.4 Å². The van der Waals surface area contributed by atoms with Crippen LogP contribution in [0.4, 0.5) is 0 Å². The zero-order valence-corrected chi connectivity index (χ0v) is 11.5. The molecule has 1 saturated heterocycles. The molecule has 3 rings (SSSR count). The van der Waals surface area contributed by atoms with Gasteiger partial charge >= 0.3 is 0 Å². The molecule has 2 aromatic rings. The van der Waals surface area contributed by atoms with Gasteiger partial charge in [0.25, 0.3) is 0 Å². The quantitative estimate of drug-likeness (QED) is 0.909. The van der Waals surface area contributed by atoms with Crippen molar-refractivity contribution in [1.82, 2.24) is 10.1 Å². The summed E-state index contributed by atoms with van der Waals surface area (Å²) in [5.74, 6) is 1.99. The fourth-order valence-electron chi connectivity index (χ4n) is 2.86. The van der Waals surface area contributed by atoms with Gasteiger partial charge in [-0.2, -0.15) is 0 Å². The highest BCUT2D eigenvalue weighted by atomic mass is 16.5. The third-order valence-corrected chi connectivity index (χ3v) is 3.85. The monoisotopic (exact) mass is 276 g/mol. The molecular weight excluding hydrogens is 256 g/mol. The van der Waals surface area contributed by atoms with E-state index in [4.69, 9.17) is 14.0 Å². The molecule has 0 aromatic carbocycles. The fraction of sp³-hybridized carbons (Fsp3) is 0.533. The summed E-state index contributed by atoms with van der Waals surface area (Å²) in [6, 6.07) is 5.64. The molecule has 1 unspecified atom stereocenters. The van der Waals surface area contributed by atoms with E-state index in [9.17, 15) is 0 Å². The Morgan fingerprint density at radius 2 is 2.35 bits per heavy atom. The SMILES string of the molecule is OCCC1CCCN(Cc2cc(-c3ccco3)on2)C1. The second kappa shape index (κ2) is 6.24. The number of likely N-dealkylation sites (tertiary alicyclic amines) is 1. The summed E-state index contributed by atoms with van der Waals surface area (Å²) in [7, 11) is 0. The smallest absolute Gasteiger partial charge is 0.202 e. The van der Waals surface area contributed by atoms with Gasteiger partial charge in [0.2, 0.25) is 5.76 Å². The average molecular weight is 276 g/mol. The molecule has 2 aromatic heterocycles. The van der Waals surface area contributed by atoms with Crippen LogP contribution in [0.15, 0.2) is 33.4 Å². The van der Waals surface area contributed by atoms with Crippen molar-refractivity contribution in [3.63, 3.8) is 0 Å². The van der Waals surface area contributed by atoms with Crippen LogP contribution >= 0.6 is 0 Å². The number of nitrogens with zero attached hydrogens (tertiary/aromatic N) is 2. The minimum Gasteiger partial charge on any atom is -0.461 e. The molecule has 108 valence electrons. The van der Waals surface area contributed by atoms with Crippen molar-refractivity contribution in [2.24, 2.45) is 5.92 Å². The number of hydrogen-bond donors (Lipinski definition) is 1. The largest absolute Gasteiger partial charge is 0.461 e. The Morgan fingerprint density at radius 3 is 3.15 bits per heavy atom. The van der Waals surface area contributed by atoms with Gasteiger partial charge in [0.1, 0.15) is 0 Å². The highest BCUT2D eigenvalue weighted by Crippen LogP contribution is 2.23. The van der Waals surface area contributed by atoms with E-state index < -0.39 is 0 Å². The number of hydrogen-bond acceptors (Lipinski definition) is 5. The lowest BCUT2D eigenvalue weighted by Crippen LogP contribution is -2.35. The molecule has 0 bridgehead atoms. The van der Waals surface area contributed by atoms with Crippen LogP contribution in [-0.4, -0.2) is 34.9 Å². The van der Waals surface area contributed by atoms with Crippen molar-refractivity contribution in [3.05, 3.63) is 30.2 Å². The van der Waals surface area contributed by atoms with E-state index in [2.05, 4.69) is 10.1 Å². The summed E-state index contributed by atoms with van der Waals surface area (Å²) in [6.07, 6.45) is 4.93. The maximum Gasteiger partial charge on any atom is 0.202 e. The zero-order valence-electron chi connectivity index (χ0n) is 11.5. The van der Waals surface area contributed by atoms with Crippen molar-refractivity contribution in [2.75, 3.05) is 19.7 Å². The van der Waals surface area contributed by atoms with Crippen LogP contribution in [-0.2, 0) is 6.54 Å². The molecule has 3 heterocycles. The van der Waals surface area contributed by atoms with Crippen LogP contribution in [0.5, 0.6) is 0 Å². The maximum atomic E-state index is 9.05. The first kappa shape index (κ1) is 13.4. The van der Waals surface area contributed by atoms with Crippen LogP contribution in [0.2, 0.25) is 0 Å². The Morgan fingerprint density at radius 1 is 1.40 bits per heavy atom. The average Bonchev–Trinajstić information content (AvgIpc) is 3.10. The van der Waals surface area contributed by atoms with E-state index in [1.165, 1.54) is 12.8 Å². The van der Waals surface area contributed by atoms with Crippen LogP contribution in [0.25, 0.3) is 11.5 Å². The Bertz CT molecular complexity index is 519. The van der Waals surface area contributed by atoms with Gasteiger partial charge in [0.05, 0.1) is 12.0 Å². The number of aliphatic hydroxyl groups is 1. The molecule has 5 nitrogen and oxygen atoms in total. The highest BCUT2D eigenvalue weighted by molar-refractivity contribution is 5.49. The first-order chi connectivity index (χ1) is 9.85. The predicted molar refractivity (Wildman–Crippen MR) is 73.9 cm³/mol. The van der Waals surface area contributed by atoms with Gasteiger partial charge < -0.3 is 14.0 Å². The number of aliphatic hydroxyl groups excluding tert-OH is 1. The molecule has 0 spiro atoms. The van der Waals surface area contributed by atoms with E-state index in [-0.39, 0.29) is 6.61 Å². The van der Waals surface area contributed by atoms with E-state index in [1.54, 1.807) is 6.26 Å². The van der Waals surface area contributed by atoms with Gasteiger partial charge in [-0.25, -0.2) is 0 Å². The molecule has 0 amide bonds. The molecule has 0 aliphatic carbocycles. The summed E-state index contributed by atoms with van der Waals surface area (Å²) in [4.78, 5) is 2.38. The van der Waals surface area contributed by atoms with Crippen molar-refractivity contribution in [2.45, 2.75) is 25.8 Å². The number of furan rings is 1. The third-order valence-electron chi connectivity index (χ3n) is 3.85. The Kier molecular flexibility index (Phi) is 4.18. The lowest BCUT2D eigenvalue weighted by molar-refractivity contribution is 0.140. The maximum absolute atomic E-state index is 9.05. The fourth-order valence-corrected chi connectivity index (χ4v) is 2.86. The van der Waals surface area contributed by atoms with E-state index >= 15 is 0 Å². The summed E-state index contributed by atoms with van der Waals surface area (Å²) >= 11 is 0. The van der Waals surface area contributed by atoms with E-state index in [1.807, 2.05) is 18.2 Å². The molecule has 0 radical (unpaired) electrons. The van der Waals surface area contributed by atoms with Crippen LogP contribution in [0.1, 0.15) is 25.0 Å². The lowest BCUT2D eigenvalue weighted by Gasteiger charge is -2.31. The van der Waals surface area contributed by atoms with Crippen molar-refractivity contribution in [3.8, 4) is 11.5 Å². The lowest BCUT2D eigenvalue weighted by atomic mass is 9.95. The number of piperidine rings is 1. The van der Waals surface area contributed by atoms with Crippen molar-refractivity contribution >= 4 is 0 Å². The zero-order chi connectivity index (χ0) is 13.8. The minimum absolute atomic E-state index is 0.283. The molecule has 1 aliphatic heterocycles. The van der Waals surface area contributed by atoms with Crippen molar-refractivity contribution < 1.29 is 14.0 Å². The Balaban J connectivity index is 1.60. The van der Waals surface area contributed by atoms with Gasteiger partial charge in [-0.3, -0.25) is 4.90 Å². The molecule has 0 saturated carbocycles. The van der Waals surface area contributed by atoms with E-state index in [0.717, 1.165) is 31.7 Å². The van der Waals surface area contributed by atoms with Gasteiger partial charge in [0.15, 0.2) is 5.76 Å². The normalized spacial score (nSPS) is 20.4. The molecular formula is C15H20N2O3. The predicted octanol–water partition coefficient (Wildman–Crippen LogP) is 2.53. The summed E-state index contributed by atoms with van der Waals surface area (Å²) in [5.41, 5.74) is 0.932. The number of rotatable bonds is 5. The summed E-state index contributed by atoms with van der Waals surface area (Å²) < 4.78 is 10.6. The standard InChI is InChI=1S/C15H20N2O3/c18-7-5-12-3-1-6-17(10-12)11-13-9-15(20-16-13)14-4-2-8-19-14/h2,4,8-9,12,18H,1,3,5-7,10-11H2. The van der Waals surface area contributed by atoms with Crippen molar-refractivity contribution in [1.29, 1.82) is 0 Å². The van der Waals surface area contributed by atoms with Gasteiger partial charge in [-0.05, 0) is 43.9 Å². The minimum atomic E-state index is 0.283. The molecule has 20 heavy (non-hydrogen) atoms. The third kappa shape index (κ3) is 3.11. The first-order valence-corrected chi connectivity index (χ1v) is 7.18. The van der Waals surface area contributed by atoms with Gasteiger partial charge in [0, 0.05) is 25.8 Å². The Hall–Kier alpha value is -1.59. The Labute approximate surface area is 118 Å². The van der Waals surface area contributed by atoms with Gasteiger partial charge in [-0.15, -0.1) is 0 Å². The molecule has 1 N–H and O–H groups in total. The molecule has 5 heteroatoms. The van der Waals surface area contributed by atoms with Crippen LogP contribution in [0.3, 0.4) is 0 Å². The highest BCUT2D eigenvalue weighted by Gasteiger charge is 2.20. The summed E-state index contributed by atoms with van der Waals surface area (Å²) in [5, 5.41) is 13.2. The molecule has 1 aliphatic rings. The second-order valence-electron chi connectivity index (χ2n) is 5.42. The number of aromatic nitrogens is 1. The van der Waals surface area contributed by atoms with Crippen LogP contribution < -0.4 is 0 Å². The molecule has 1 fully saturated rings. The summed E-state index contributed by atoms with van der Waals surface area (Å²) in [6.45, 7) is 3.20. The second-order valence-corrected chi connectivity index (χ2v) is 5.42. The van der Waals surface area contributed by atoms with Gasteiger partial charge in [-0.1, -0.05) is 5.16 Å². The first-order valence-electron chi connectivity index (χ1n) is 7.18.